The molecule has 0 aliphatic carbocycles. The first-order chi connectivity index (χ1) is 7.79. The summed E-state index contributed by atoms with van der Waals surface area (Å²) in [6, 6.07) is 7.57. The summed E-state index contributed by atoms with van der Waals surface area (Å²) in [5.74, 6) is 1.24. The first-order valence-electron chi connectivity index (χ1n) is 5.03. The fraction of sp³-hybridized carbons (Fsp3) is 0.167. The molecule has 82 valence electrons. The summed E-state index contributed by atoms with van der Waals surface area (Å²) in [6.07, 6.45) is 4.32. The third-order valence-electron chi connectivity index (χ3n) is 2.10. The van der Waals surface area contributed by atoms with Crippen LogP contribution in [0.4, 0.5) is 0 Å². The van der Waals surface area contributed by atoms with Gasteiger partial charge in [-0.25, -0.2) is 4.98 Å². The van der Waals surface area contributed by atoms with Gasteiger partial charge in [-0.3, -0.25) is 4.98 Å². The minimum absolute atomic E-state index is 0.550. The molecule has 0 saturated heterocycles. The number of hydrogen-bond donors (Lipinski definition) is 0. The monoisotopic (exact) mass is 278 g/mol. The summed E-state index contributed by atoms with van der Waals surface area (Å²) in [5.41, 5.74) is 1.05. The Morgan fingerprint density at radius 1 is 1.25 bits per heavy atom. The van der Waals surface area contributed by atoms with Crippen molar-refractivity contribution in [1.82, 2.24) is 9.97 Å². The molecule has 0 saturated carbocycles. The molecule has 0 fully saturated rings. The van der Waals surface area contributed by atoms with E-state index in [1.807, 2.05) is 24.3 Å². The van der Waals surface area contributed by atoms with Crippen LogP contribution in [0.5, 0.6) is 11.6 Å². The highest BCUT2D eigenvalue weighted by atomic mass is 79.9. The lowest BCUT2D eigenvalue weighted by Gasteiger charge is -2.05. The predicted octanol–water partition coefficient (Wildman–Crippen LogP) is 3.59. The van der Waals surface area contributed by atoms with Crippen LogP contribution in [-0.4, -0.2) is 9.97 Å². The van der Waals surface area contributed by atoms with Crippen LogP contribution < -0.4 is 4.74 Å². The van der Waals surface area contributed by atoms with Crippen molar-refractivity contribution in [3.63, 3.8) is 0 Å². The van der Waals surface area contributed by atoms with Crippen LogP contribution >= 0.6 is 15.9 Å². The number of rotatable bonds is 3. The minimum Gasteiger partial charge on any atom is -0.436 e. The molecular weight excluding hydrogens is 268 g/mol. The van der Waals surface area contributed by atoms with E-state index in [4.69, 9.17) is 4.74 Å². The molecule has 0 spiro atoms. The Morgan fingerprint density at radius 2 is 2.12 bits per heavy atom. The standard InChI is InChI=1S/C12H11BrN2O/c1-2-9-5-6-10(8-15-9)16-12-11(13)4-3-7-14-12/h3-8H,2H2,1H3. The van der Waals surface area contributed by atoms with E-state index in [1.54, 1.807) is 12.4 Å². The van der Waals surface area contributed by atoms with E-state index >= 15 is 0 Å². The van der Waals surface area contributed by atoms with Gasteiger partial charge < -0.3 is 4.74 Å². The van der Waals surface area contributed by atoms with Gasteiger partial charge >= 0.3 is 0 Å². The molecule has 0 radical (unpaired) electrons. The number of aryl methyl sites for hydroxylation is 1. The maximum Gasteiger partial charge on any atom is 0.233 e. The fourth-order valence-corrected chi connectivity index (χ4v) is 1.57. The Balaban J connectivity index is 2.18. The van der Waals surface area contributed by atoms with Gasteiger partial charge in [-0.1, -0.05) is 6.92 Å². The van der Waals surface area contributed by atoms with Crippen LogP contribution in [0.1, 0.15) is 12.6 Å². The molecule has 0 N–H and O–H groups in total. The molecule has 0 aliphatic rings. The van der Waals surface area contributed by atoms with Crippen LogP contribution in [0, 0.1) is 0 Å². The predicted molar refractivity (Wildman–Crippen MR) is 65.6 cm³/mol. The maximum atomic E-state index is 5.59. The van der Waals surface area contributed by atoms with Gasteiger partial charge in [0, 0.05) is 11.9 Å². The summed E-state index contributed by atoms with van der Waals surface area (Å²) < 4.78 is 6.42. The van der Waals surface area contributed by atoms with Crippen molar-refractivity contribution in [1.29, 1.82) is 0 Å². The molecule has 2 aromatic rings. The molecule has 0 bridgehead atoms. The van der Waals surface area contributed by atoms with E-state index in [-0.39, 0.29) is 0 Å². The average molecular weight is 279 g/mol. The molecular formula is C12H11BrN2O. The first-order valence-corrected chi connectivity index (χ1v) is 5.82. The van der Waals surface area contributed by atoms with Gasteiger partial charge in [0.1, 0.15) is 5.75 Å². The van der Waals surface area contributed by atoms with Gasteiger partial charge in [0.25, 0.3) is 0 Å². The summed E-state index contributed by atoms with van der Waals surface area (Å²) in [4.78, 5) is 8.37. The Morgan fingerprint density at radius 3 is 2.75 bits per heavy atom. The molecule has 0 atom stereocenters. The van der Waals surface area contributed by atoms with Crippen molar-refractivity contribution in [3.05, 3.63) is 46.8 Å². The number of ether oxygens (including phenoxy) is 1. The lowest BCUT2D eigenvalue weighted by molar-refractivity contribution is 0.457. The van der Waals surface area contributed by atoms with Crippen LogP contribution in [0.3, 0.4) is 0 Å². The molecule has 2 aromatic heterocycles. The van der Waals surface area contributed by atoms with E-state index < -0.39 is 0 Å². The van der Waals surface area contributed by atoms with Crippen molar-refractivity contribution in [3.8, 4) is 11.6 Å². The molecule has 0 unspecified atom stereocenters. The van der Waals surface area contributed by atoms with E-state index in [2.05, 4.69) is 32.8 Å². The Bertz CT molecular complexity index is 471. The Hall–Kier alpha value is -1.42. The highest BCUT2D eigenvalue weighted by Crippen LogP contribution is 2.26. The van der Waals surface area contributed by atoms with Gasteiger partial charge in [0.2, 0.25) is 5.88 Å². The van der Waals surface area contributed by atoms with Gasteiger partial charge in [-0.2, -0.15) is 0 Å². The second-order valence-corrected chi connectivity index (χ2v) is 4.09. The molecule has 2 rings (SSSR count). The van der Waals surface area contributed by atoms with E-state index in [0.29, 0.717) is 11.6 Å². The molecule has 0 amide bonds. The van der Waals surface area contributed by atoms with Gasteiger partial charge in [0.05, 0.1) is 10.7 Å². The van der Waals surface area contributed by atoms with Gasteiger partial charge in [-0.15, -0.1) is 0 Å². The highest BCUT2D eigenvalue weighted by Gasteiger charge is 2.03. The number of nitrogens with zero attached hydrogens (tertiary/aromatic N) is 2. The second-order valence-electron chi connectivity index (χ2n) is 3.23. The van der Waals surface area contributed by atoms with Crippen molar-refractivity contribution in [2.24, 2.45) is 0 Å². The zero-order valence-corrected chi connectivity index (χ0v) is 10.4. The van der Waals surface area contributed by atoms with Crippen molar-refractivity contribution < 1.29 is 4.74 Å². The topological polar surface area (TPSA) is 35.0 Å². The highest BCUT2D eigenvalue weighted by molar-refractivity contribution is 9.10. The SMILES string of the molecule is CCc1ccc(Oc2ncccc2Br)cn1. The van der Waals surface area contributed by atoms with Gasteiger partial charge in [0.15, 0.2) is 0 Å². The number of aromatic nitrogens is 2. The zero-order chi connectivity index (χ0) is 11.4. The normalized spacial score (nSPS) is 10.1. The van der Waals surface area contributed by atoms with Crippen molar-refractivity contribution >= 4 is 15.9 Å². The third-order valence-corrected chi connectivity index (χ3v) is 2.70. The largest absolute Gasteiger partial charge is 0.436 e. The average Bonchev–Trinajstić information content (AvgIpc) is 2.33. The smallest absolute Gasteiger partial charge is 0.233 e. The number of pyridine rings is 2. The number of halogens is 1. The van der Waals surface area contributed by atoms with Crippen LogP contribution in [0.2, 0.25) is 0 Å². The molecule has 16 heavy (non-hydrogen) atoms. The summed E-state index contributed by atoms with van der Waals surface area (Å²) in [5, 5.41) is 0. The minimum atomic E-state index is 0.550. The molecule has 3 nitrogen and oxygen atoms in total. The second kappa shape index (κ2) is 5.07. The lowest BCUT2D eigenvalue weighted by atomic mass is 10.3. The van der Waals surface area contributed by atoms with Gasteiger partial charge in [-0.05, 0) is 46.6 Å². The van der Waals surface area contributed by atoms with Crippen LogP contribution in [0.25, 0.3) is 0 Å². The van der Waals surface area contributed by atoms with Crippen molar-refractivity contribution in [2.75, 3.05) is 0 Å². The summed E-state index contributed by atoms with van der Waals surface area (Å²) >= 11 is 3.37. The molecule has 4 heteroatoms. The molecule has 0 aliphatic heterocycles. The van der Waals surface area contributed by atoms with Crippen molar-refractivity contribution in [2.45, 2.75) is 13.3 Å². The first kappa shape index (κ1) is 11.1. The van der Waals surface area contributed by atoms with Crippen LogP contribution in [0.15, 0.2) is 41.1 Å². The zero-order valence-electron chi connectivity index (χ0n) is 8.85. The number of hydrogen-bond acceptors (Lipinski definition) is 3. The Labute approximate surface area is 103 Å². The van der Waals surface area contributed by atoms with E-state index in [1.165, 1.54) is 0 Å². The van der Waals surface area contributed by atoms with E-state index in [9.17, 15) is 0 Å². The summed E-state index contributed by atoms with van der Waals surface area (Å²) in [6.45, 7) is 2.07. The molecule has 0 aromatic carbocycles. The lowest BCUT2D eigenvalue weighted by Crippen LogP contribution is -1.91. The summed E-state index contributed by atoms with van der Waals surface area (Å²) in [7, 11) is 0. The fourth-order valence-electron chi connectivity index (χ4n) is 1.24. The maximum absolute atomic E-state index is 5.59. The van der Waals surface area contributed by atoms with E-state index in [0.717, 1.165) is 16.6 Å². The molecule has 2 heterocycles. The Kier molecular flexibility index (Phi) is 3.51. The third kappa shape index (κ3) is 2.58. The van der Waals surface area contributed by atoms with Crippen LogP contribution in [-0.2, 0) is 6.42 Å². The quantitative estimate of drug-likeness (QED) is 0.861.